The smallest absolute Gasteiger partial charge is 0.265 e. The predicted molar refractivity (Wildman–Crippen MR) is 133 cm³/mol. The molecule has 4 aromatic rings. The van der Waals surface area contributed by atoms with Crippen molar-refractivity contribution >= 4 is 21.8 Å². The van der Waals surface area contributed by atoms with Gasteiger partial charge in [-0.15, -0.1) is 0 Å². The van der Waals surface area contributed by atoms with Crippen molar-refractivity contribution in [2.45, 2.75) is 12.8 Å². The Bertz CT molecular complexity index is 1480. The molecule has 0 saturated carbocycles. The van der Waals surface area contributed by atoms with Gasteiger partial charge in [0.05, 0.1) is 17.1 Å². The average molecular weight is 490 g/mol. The van der Waals surface area contributed by atoms with Crippen LogP contribution in [0.2, 0.25) is 0 Å². The first-order valence-corrected chi connectivity index (χ1v) is 12.4. The number of amides is 1. The van der Waals surface area contributed by atoms with Gasteiger partial charge in [-0.25, -0.2) is 4.68 Å². The summed E-state index contributed by atoms with van der Waals surface area (Å²) in [7, 11) is -4.30. The fourth-order valence-corrected chi connectivity index (χ4v) is 4.40. The van der Waals surface area contributed by atoms with Crippen LogP contribution in [0.15, 0.2) is 84.9 Å². The van der Waals surface area contributed by atoms with Gasteiger partial charge < -0.3 is 5.73 Å². The van der Waals surface area contributed by atoms with Crippen molar-refractivity contribution < 1.29 is 22.6 Å². The van der Waals surface area contributed by atoms with E-state index in [1.165, 1.54) is 0 Å². The average Bonchev–Trinajstić information content (AvgIpc) is 3.22. The second kappa shape index (κ2) is 10.0. The highest BCUT2D eigenvalue weighted by Crippen LogP contribution is 2.38. The normalized spacial score (nSPS) is 11.3. The van der Waals surface area contributed by atoms with Crippen LogP contribution >= 0.6 is 0 Å². The summed E-state index contributed by atoms with van der Waals surface area (Å²) in [6.07, 6.45) is -0.539. The Kier molecular flexibility index (Phi) is 6.90. The summed E-state index contributed by atoms with van der Waals surface area (Å²) in [5.74, 6) is -1.71. The first-order valence-electron chi connectivity index (χ1n) is 10.8. The van der Waals surface area contributed by atoms with Crippen LogP contribution in [0, 0.1) is 0 Å². The summed E-state index contributed by atoms with van der Waals surface area (Å²) in [5, 5.41) is 4.83. The van der Waals surface area contributed by atoms with Crippen molar-refractivity contribution in [3.63, 3.8) is 0 Å². The van der Waals surface area contributed by atoms with Crippen LogP contribution < -0.4 is 5.73 Å². The van der Waals surface area contributed by atoms with Crippen LogP contribution in [-0.2, 0) is 21.3 Å². The lowest BCUT2D eigenvalue weighted by Gasteiger charge is -2.12. The van der Waals surface area contributed by atoms with Gasteiger partial charge in [0.25, 0.3) is 10.1 Å². The molecule has 178 valence electrons. The lowest BCUT2D eigenvalue weighted by molar-refractivity contribution is -0.118. The standard InChI is InChI=1S/C26H23N3O5S/c27-26(31)22-14-8-7-13-21(22)24-23(17-20(30)15-16-35(32,33)34)29(19-11-5-2-6-12-19)28-25(24)18-9-3-1-4-10-18/h1-14H,15-17H2,(H2,27,31)(H,32,33,34). The first kappa shape index (κ1) is 24.1. The fourth-order valence-electron chi connectivity index (χ4n) is 3.91. The largest absolute Gasteiger partial charge is 0.366 e. The Labute approximate surface area is 202 Å². The Hall–Kier alpha value is -4.08. The third-order valence-corrected chi connectivity index (χ3v) is 6.21. The van der Waals surface area contributed by atoms with Crippen LogP contribution in [0.5, 0.6) is 0 Å². The van der Waals surface area contributed by atoms with E-state index in [-0.39, 0.29) is 18.4 Å². The maximum absolute atomic E-state index is 12.9. The molecule has 4 rings (SSSR count). The third kappa shape index (κ3) is 5.53. The van der Waals surface area contributed by atoms with Gasteiger partial charge >= 0.3 is 0 Å². The Morgan fingerprint density at radius 1 is 0.886 bits per heavy atom. The minimum atomic E-state index is -4.30. The van der Waals surface area contributed by atoms with Gasteiger partial charge in [0.1, 0.15) is 11.5 Å². The molecule has 1 heterocycles. The predicted octanol–water partition coefficient (Wildman–Crippen LogP) is 3.69. The quantitative estimate of drug-likeness (QED) is 0.345. The van der Waals surface area contributed by atoms with E-state index in [4.69, 9.17) is 15.4 Å². The molecule has 0 aliphatic rings. The van der Waals surface area contributed by atoms with Gasteiger partial charge in [0, 0.05) is 29.5 Å². The summed E-state index contributed by atoms with van der Waals surface area (Å²) < 4.78 is 33.1. The van der Waals surface area contributed by atoms with Crippen LogP contribution in [0.25, 0.3) is 28.1 Å². The third-order valence-electron chi connectivity index (χ3n) is 5.49. The van der Waals surface area contributed by atoms with E-state index in [1.807, 2.05) is 60.7 Å². The minimum absolute atomic E-state index is 0.174. The van der Waals surface area contributed by atoms with Crippen LogP contribution in [0.4, 0.5) is 0 Å². The zero-order valence-electron chi connectivity index (χ0n) is 18.7. The molecule has 0 aliphatic carbocycles. The second-order valence-electron chi connectivity index (χ2n) is 7.95. The molecule has 3 aromatic carbocycles. The van der Waals surface area contributed by atoms with Crippen molar-refractivity contribution in [2.75, 3.05) is 5.75 Å². The van der Waals surface area contributed by atoms with E-state index < -0.39 is 27.6 Å². The van der Waals surface area contributed by atoms with Crippen LogP contribution in [0.3, 0.4) is 0 Å². The number of primary amides is 1. The number of nitrogens with two attached hydrogens (primary N) is 1. The van der Waals surface area contributed by atoms with E-state index in [0.717, 1.165) is 5.56 Å². The number of nitrogens with zero attached hydrogens (tertiary/aromatic N) is 2. The summed E-state index contributed by atoms with van der Waals surface area (Å²) in [5.41, 5.74) is 9.48. The van der Waals surface area contributed by atoms with Crippen molar-refractivity contribution in [1.29, 1.82) is 0 Å². The number of para-hydroxylation sites is 1. The summed E-state index contributed by atoms with van der Waals surface area (Å²) >= 11 is 0. The number of aromatic nitrogens is 2. The summed E-state index contributed by atoms with van der Waals surface area (Å²) in [4.78, 5) is 25.2. The molecule has 9 heteroatoms. The molecule has 35 heavy (non-hydrogen) atoms. The molecule has 0 atom stereocenters. The SMILES string of the molecule is NC(=O)c1ccccc1-c1c(-c2ccccc2)nn(-c2ccccc2)c1CC(=O)CCS(=O)(=O)O. The molecule has 0 saturated heterocycles. The molecule has 1 aromatic heterocycles. The number of carbonyl (C=O) groups is 2. The zero-order valence-corrected chi connectivity index (χ0v) is 19.5. The number of benzene rings is 3. The van der Waals surface area contributed by atoms with Gasteiger partial charge in [-0.3, -0.25) is 14.1 Å². The van der Waals surface area contributed by atoms with E-state index in [0.29, 0.717) is 28.2 Å². The summed E-state index contributed by atoms with van der Waals surface area (Å²) in [6.45, 7) is 0. The Morgan fingerprint density at radius 3 is 2.11 bits per heavy atom. The minimum Gasteiger partial charge on any atom is -0.366 e. The molecule has 1 amide bonds. The molecule has 0 spiro atoms. The summed E-state index contributed by atoms with van der Waals surface area (Å²) in [6, 6.07) is 25.3. The van der Waals surface area contributed by atoms with E-state index in [1.54, 1.807) is 28.9 Å². The highest BCUT2D eigenvalue weighted by atomic mass is 32.2. The molecular weight excluding hydrogens is 466 g/mol. The molecular formula is C26H23N3O5S. The molecule has 3 N–H and O–H groups in total. The van der Waals surface area contributed by atoms with Crippen molar-refractivity contribution in [2.24, 2.45) is 5.73 Å². The Balaban J connectivity index is 1.99. The Morgan fingerprint density at radius 2 is 1.49 bits per heavy atom. The fraction of sp³-hybridized carbons (Fsp3) is 0.115. The lowest BCUT2D eigenvalue weighted by atomic mass is 9.93. The number of ketones is 1. The number of rotatable bonds is 9. The molecule has 0 aliphatic heterocycles. The maximum Gasteiger partial charge on any atom is 0.265 e. The van der Waals surface area contributed by atoms with Crippen molar-refractivity contribution in [3.8, 4) is 28.1 Å². The number of Topliss-reactive ketones (excluding diaryl/α,β-unsaturated/α-hetero) is 1. The number of carbonyl (C=O) groups excluding carboxylic acids is 2. The second-order valence-corrected chi connectivity index (χ2v) is 9.52. The van der Waals surface area contributed by atoms with Crippen molar-refractivity contribution in [1.82, 2.24) is 9.78 Å². The van der Waals surface area contributed by atoms with Gasteiger partial charge in [-0.05, 0) is 23.8 Å². The number of hydrogen-bond donors (Lipinski definition) is 2. The topological polar surface area (TPSA) is 132 Å². The van der Waals surface area contributed by atoms with Gasteiger partial charge in [0.2, 0.25) is 5.91 Å². The monoisotopic (exact) mass is 489 g/mol. The number of hydrogen-bond acceptors (Lipinski definition) is 5. The molecule has 0 unspecified atom stereocenters. The van der Waals surface area contributed by atoms with E-state index in [9.17, 15) is 18.0 Å². The van der Waals surface area contributed by atoms with Gasteiger partial charge in [0.15, 0.2) is 0 Å². The molecule has 8 nitrogen and oxygen atoms in total. The van der Waals surface area contributed by atoms with Gasteiger partial charge in [-0.2, -0.15) is 13.5 Å². The maximum atomic E-state index is 12.9. The van der Waals surface area contributed by atoms with Gasteiger partial charge in [-0.1, -0.05) is 66.7 Å². The van der Waals surface area contributed by atoms with Crippen LogP contribution in [-0.4, -0.2) is 40.2 Å². The highest BCUT2D eigenvalue weighted by Gasteiger charge is 2.26. The molecule has 0 fully saturated rings. The van der Waals surface area contributed by atoms with E-state index >= 15 is 0 Å². The van der Waals surface area contributed by atoms with E-state index in [2.05, 4.69) is 0 Å². The van der Waals surface area contributed by atoms with Crippen molar-refractivity contribution in [3.05, 3.63) is 96.2 Å². The van der Waals surface area contributed by atoms with Crippen LogP contribution in [0.1, 0.15) is 22.5 Å². The zero-order chi connectivity index (χ0) is 25.0. The highest BCUT2D eigenvalue weighted by molar-refractivity contribution is 7.85. The molecule has 0 radical (unpaired) electrons. The first-order chi connectivity index (χ1) is 16.7. The molecule has 0 bridgehead atoms. The lowest BCUT2D eigenvalue weighted by Crippen LogP contribution is -2.15.